The second-order valence-corrected chi connectivity index (χ2v) is 5.34. The Morgan fingerprint density at radius 1 is 1.29 bits per heavy atom. The number of benzene rings is 1. The predicted octanol–water partition coefficient (Wildman–Crippen LogP) is 2.23. The van der Waals surface area contributed by atoms with Gasteiger partial charge in [0.1, 0.15) is 11.8 Å². The molecule has 114 valence electrons. The number of carboxylic acids is 1. The Morgan fingerprint density at radius 2 is 2.05 bits per heavy atom. The zero-order valence-corrected chi connectivity index (χ0v) is 12.2. The van der Waals surface area contributed by atoms with Crippen molar-refractivity contribution >= 4 is 11.9 Å². The number of amides is 1. The minimum Gasteiger partial charge on any atom is -0.484 e. The van der Waals surface area contributed by atoms with Crippen LogP contribution in [-0.4, -0.2) is 41.1 Å². The maximum Gasteiger partial charge on any atom is 0.326 e. The molecule has 1 amide bonds. The van der Waals surface area contributed by atoms with Crippen LogP contribution in [0.4, 0.5) is 0 Å². The Bertz CT molecular complexity index is 515. The smallest absolute Gasteiger partial charge is 0.326 e. The molecule has 5 heteroatoms. The molecule has 1 saturated heterocycles. The summed E-state index contributed by atoms with van der Waals surface area (Å²) in [5.41, 5.74) is 0.955. The molecule has 1 aliphatic rings. The van der Waals surface area contributed by atoms with Crippen molar-refractivity contribution in [1.29, 1.82) is 0 Å². The summed E-state index contributed by atoms with van der Waals surface area (Å²) in [6.45, 7) is 2.29. The van der Waals surface area contributed by atoms with Crippen molar-refractivity contribution in [3.63, 3.8) is 0 Å². The number of rotatable bonds is 4. The Morgan fingerprint density at radius 3 is 2.76 bits per heavy atom. The number of carbonyl (C=O) groups excluding carboxylic acids is 1. The highest BCUT2D eigenvalue weighted by Crippen LogP contribution is 2.19. The van der Waals surface area contributed by atoms with E-state index < -0.39 is 12.0 Å². The van der Waals surface area contributed by atoms with Gasteiger partial charge in [0.2, 0.25) is 0 Å². The molecule has 0 aromatic heterocycles. The fourth-order valence-electron chi connectivity index (χ4n) is 2.60. The molecule has 0 saturated carbocycles. The van der Waals surface area contributed by atoms with E-state index in [4.69, 9.17) is 4.74 Å². The zero-order chi connectivity index (χ0) is 15.2. The van der Waals surface area contributed by atoms with Gasteiger partial charge in [-0.1, -0.05) is 31.0 Å². The van der Waals surface area contributed by atoms with Gasteiger partial charge < -0.3 is 14.7 Å². The van der Waals surface area contributed by atoms with Gasteiger partial charge in [0.15, 0.2) is 6.61 Å². The van der Waals surface area contributed by atoms with Crippen LogP contribution in [0, 0.1) is 6.92 Å². The lowest BCUT2D eigenvalue weighted by Crippen LogP contribution is -2.46. The fourth-order valence-corrected chi connectivity index (χ4v) is 2.60. The zero-order valence-electron chi connectivity index (χ0n) is 12.2. The molecule has 0 spiro atoms. The molecule has 21 heavy (non-hydrogen) atoms. The number of aliphatic carboxylic acids is 1. The summed E-state index contributed by atoms with van der Waals surface area (Å²) in [5.74, 6) is -0.527. The molecular formula is C16H21NO4. The molecule has 1 N–H and O–H groups in total. The van der Waals surface area contributed by atoms with E-state index in [2.05, 4.69) is 0 Å². The number of ether oxygens (including phenoxy) is 1. The van der Waals surface area contributed by atoms with Gasteiger partial charge in [0, 0.05) is 6.54 Å². The third kappa shape index (κ3) is 3.97. The van der Waals surface area contributed by atoms with Crippen LogP contribution in [0.3, 0.4) is 0 Å². The molecule has 1 aliphatic heterocycles. The molecule has 1 unspecified atom stereocenters. The summed E-state index contributed by atoms with van der Waals surface area (Å²) < 4.78 is 5.54. The van der Waals surface area contributed by atoms with Crippen molar-refractivity contribution in [2.24, 2.45) is 0 Å². The Hall–Kier alpha value is -2.04. The van der Waals surface area contributed by atoms with Crippen molar-refractivity contribution < 1.29 is 19.4 Å². The summed E-state index contributed by atoms with van der Waals surface area (Å²) >= 11 is 0. The first-order chi connectivity index (χ1) is 10.1. The summed E-state index contributed by atoms with van der Waals surface area (Å²) in [6, 6.07) is 6.74. The van der Waals surface area contributed by atoms with Gasteiger partial charge in [-0.3, -0.25) is 4.79 Å². The SMILES string of the molecule is Cc1ccccc1OCC(=O)N1CCCCCC1C(=O)O. The second-order valence-electron chi connectivity index (χ2n) is 5.34. The van der Waals surface area contributed by atoms with E-state index in [1.165, 1.54) is 4.90 Å². The molecule has 1 aromatic rings. The predicted molar refractivity (Wildman–Crippen MR) is 78.3 cm³/mol. The first-order valence-corrected chi connectivity index (χ1v) is 7.30. The van der Waals surface area contributed by atoms with Crippen molar-refractivity contribution in [3.05, 3.63) is 29.8 Å². The highest BCUT2D eigenvalue weighted by atomic mass is 16.5. The first kappa shape index (κ1) is 15.4. The monoisotopic (exact) mass is 291 g/mol. The topological polar surface area (TPSA) is 66.8 Å². The lowest BCUT2D eigenvalue weighted by molar-refractivity contribution is -0.151. The van der Waals surface area contributed by atoms with Gasteiger partial charge in [0.25, 0.3) is 5.91 Å². The van der Waals surface area contributed by atoms with Crippen molar-refractivity contribution in [2.45, 2.75) is 38.6 Å². The number of likely N-dealkylation sites (tertiary alicyclic amines) is 1. The highest BCUT2D eigenvalue weighted by molar-refractivity contribution is 5.84. The Kier molecular flexibility index (Phi) is 5.20. The van der Waals surface area contributed by atoms with Crippen molar-refractivity contribution in [1.82, 2.24) is 4.90 Å². The lowest BCUT2D eigenvalue weighted by atomic mass is 10.1. The molecule has 0 bridgehead atoms. The highest BCUT2D eigenvalue weighted by Gasteiger charge is 2.30. The number of nitrogens with zero attached hydrogens (tertiary/aromatic N) is 1. The van der Waals surface area contributed by atoms with E-state index in [1.807, 2.05) is 25.1 Å². The maximum atomic E-state index is 12.3. The van der Waals surface area contributed by atoms with Gasteiger partial charge in [-0.25, -0.2) is 4.79 Å². The van der Waals surface area contributed by atoms with Crippen molar-refractivity contribution in [3.8, 4) is 5.75 Å². The first-order valence-electron chi connectivity index (χ1n) is 7.30. The summed E-state index contributed by atoms with van der Waals surface area (Å²) in [7, 11) is 0. The van der Waals surface area contributed by atoms with E-state index in [0.29, 0.717) is 18.7 Å². The van der Waals surface area contributed by atoms with Gasteiger partial charge in [-0.2, -0.15) is 0 Å². The van der Waals surface area contributed by atoms with Crippen LogP contribution in [0.2, 0.25) is 0 Å². The average Bonchev–Trinajstić information content (AvgIpc) is 2.72. The molecule has 0 radical (unpaired) electrons. The number of hydrogen-bond donors (Lipinski definition) is 1. The number of carboxylic acid groups (broad SMARTS) is 1. The quantitative estimate of drug-likeness (QED) is 0.923. The van der Waals surface area contributed by atoms with E-state index in [1.54, 1.807) is 6.07 Å². The van der Waals surface area contributed by atoms with Gasteiger partial charge >= 0.3 is 5.97 Å². The Balaban J connectivity index is 2.00. The largest absolute Gasteiger partial charge is 0.484 e. The summed E-state index contributed by atoms with van der Waals surface area (Å²) in [5, 5.41) is 9.28. The number of hydrogen-bond acceptors (Lipinski definition) is 3. The van der Waals surface area contributed by atoms with Crippen LogP contribution in [0.25, 0.3) is 0 Å². The number of para-hydroxylation sites is 1. The normalized spacial score (nSPS) is 18.9. The van der Waals surface area contributed by atoms with E-state index >= 15 is 0 Å². The molecule has 1 fully saturated rings. The summed E-state index contributed by atoms with van der Waals surface area (Å²) in [6.07, 6.45) is 3.18. The Labute approximate surface area is 124 Å². The molecule has 1 aromatic carbocycles. The van der Waals surface area contributed by atoms with Crippen LogP contribution in [0.5, 0.6) is 5.75 Å². The van der Waals surface area contributed by atoms with Gasteiger partial charge in [-0.15, -0.1) is 0 Å². The third-order valence-electron chi connectivity index (χ3n) is 3.80. The fraction of sp³-hybridized carbons (Fsp3) is 0.500. The van der Waals surface area contributed by atoms with Crippen LogP contribution in [0.15, 0.2) is 24.3 Å². The van der Waals surface area contributed by atoms with Gasteiger partial charge in [-0.05, 0) is 31.4 Å². The van der Waals surface area contributed by atoms with Crippen LogP contribution in [-0.2, 0) is 9.59 Å². The number of aryl methyl sites for hydroxylation is 1. The van der Waals surface area contributed by atoms with Crippen LogP contribution < -0.4 is 4.74 Å². The molecule has 5 nitrogen and oxygen atoms in total. The van der Waals surface area contributed by atoms with Gasteiger partial charge in [0.05, 0.1) is 0 Å². The molecule has 1 heterocycles. The van der Waals surface area contributed by atoms with Crippen LogP contribution >= 0.6 is 0 Å². The van der Waals surface area contributed by atoms with Crippen LogP contribution in [0.1, 0.15) is 31.2 Å². The maximum absolute atomic E-state index is 12.3. The lowest BCUT2D eigenvalue weighted by Gasteiger charge is -2.27. The minimum absolute atomic E-state index is 0.116. The third-order valence-corrected chi connectivity index (χ3v) is 3.80. The molecule has 0 aliphatic carbocycles. The van der Waals surface area contributed by atoms with Crippen molar-refractivity contribution in [2.75, 3.05) is 13.2 Å². The summed E-state index contributed by atoms with van der Waals surface area (Å²) in [4.78, 5) is 25.1. The average molecular weight is 291 g/mol. The molecule has 1 atom stereocenters. The minimum atomic E-state index is -0.929. The standard InChI is InChI=1S/C16H21NO4/c1-12-7-4-5-9-14(12)21-11-15(18)17-10-6-2-3-8-13(17)16(19)20/h4-5,7,9,13H,2-3,6,8,10-11H2,1H3,(H,19,20). The molecular weight excluding hydrogens is 270 g/mol. The second kappa shape index (κ2) is 7.11. The van der Waals surface area contributed by atoms with E-state index in [0.717, 1.165) is 24.8 Å². The number of carbonyl (C=O) groups is 2. The van der Waals surface area contributed by atoms with E-state index in [-0.39, 0.29) is 12.5 Å². The van der Waals surface area contributed by atoms with E-state index in [9.17, 15) is 14.7 Å². The molecule has 2 rings (SSSR count).